The fourth-order valence-electron chi connectivity index (χ4n) is 1.87. The first kappa shape index (κ1) is 11.3. The molecule has 90 valence electrons. The highest BCUT2D eigenvalue weighted by Crippen LogP contribution is 2.31. The smallest absolute Gasteiger partial charge is 0.0893 e. The van der Waals surface area contributed by atoms with Gasteiger partial charge in [-0.1, -0.05) is 6.07 Å². The number of nitrogens with two attached hydrogens (primary N) is 1. The van der Waals surface area contributed by atoms with Gasteiger partial charge in [-0.2, -0.15) is 0 Å². The van der Waals surface area contributed by atoms with Gasteiger partial charge in [0.25, 0.3) is 0 Å². The molecule has 4 heteroatoms. The van der Waals surface area contributed by atoms with Crippen molar-refractivity contribution in [2.45, 2.75) is 13.0 Å². The molecule has 2 aromatic heterocycles. The van der Waals surface area contributed by atoms with Crippen LogP contribution in [0.1, 0.15) is 17.8 Å². The minimum Gasteiger partial charge on any atom is -0.324 e. The number of rotatable bonds is 2. The molecule has 3 rings (SSSR count). The van der Waals surface area contributed by atoms with Crippen LogP contribution in [0.5, 0.6) is 0 Å². The van der Waals surface area contributed by atoms with Crippen molar-refractivity contribution in [1.82, 2.24) is 9.97 Å². The number of hydrogen-bond donors (Lipinski definition) is 1. The average molecular weight is 255 g/mol. The first-order valence-corrected chi connectivity index (χ1v) is 6.62. The van der Waals surface area contributed by atoms with Gasteiger partial charge in [-0.25, -0.2) is 0 Å². The van der Waals surface area contributed by atoms with Crippen molar-refractivity contribution >= 4 is 22.4 Å². The van der Waals surface area contributed by atoms with Gasteiger partial charge in [0, 0.05) is 28.2 Å². The summed E-state index contributed by atoms with van der Waals surface area (Å²) < 4.78 is 0. The second-order valence-corrected chi connectivity index (χ2v) is 5.37. The normalized spacial score (nSPS) is 12.8. The Bertz CT molecular complexity index is 688. The predicted molar refractivity (Wildman–Crippen MR) is 75.5 cm³/mol. The number of nitrogens with zero attached hydrogens (tertiary/aromatic N) is 2. The molecule has 3 nitrogen and oxygen atoms in total. The van der Waals surface area contributed by atoms with Crippen LogP contribution in [0.2, 0.25) is 0 Å². The van der Waals surface area contributed by atoms with Gasteiger partial charge in [-0.3, -0.25) is 9.97 Å². The van der Waals surface area contributed by atoms with E-state index in [1.807, 2.05) is 13.0 Å². The molecule has 1 unspecified atom stereocenters. The quantitative estimate of drug-likeness (QED) is 0.763. The molecular formula is C14H13N3S. The maximum Gasteiger partial charge on any atom is 0.0893 e. The van der Waals surface area contributed by atoms with Crippen molar-refractivity contribution in [3.63, 3.8) is 0 Å². The lowest BCUT2D eigenvalue weighted by atomic mass is 10.1. The van der Waals surface area contributed by atoms with Gasteiger partial charge in [-0.15, -0.1) is 11.3 Å². The van der Waals surface area contributed by atoms with Crippen LogP contribution in [0.4, 0.5) is 0 Å². The highest BCUT2D eigenvalue weighted by atomic mass is 32.1. The zero-order valence-corrected chi connectivity index (χ0v) is 10.8. The molecule has 0 fully saturated rings. The van der Waals surface area contributed by atoms with Crippen molar-refractivity contribution in [3.8, 4) is 10.4 Å². The van der Waals surface area contributed by atoms with E-state index >= 15 is 0 Å². The number of aromatic nitrogens is 2. The Morgan fingerprint density at radius 1 is 1.06 bits per heavy atom. The Morgan fingerprint density at radius 2 is 1.83 bits per heavy atom. The van der Waals surface area contributed by atoms with E-state index < -0.39 is 0 Å². The number of hydrogen-bond acceptors (Lipinski definition) is 4. The Morgan fingerprint density at radius 3 is 2.56 bits per heavy atom. The van der Waals surface area contributed by atoms with E-state index in [1.54, 1.807) is 23.7 Å². The molecular weight excluding hydrogens is 242 g/mol. The zero-order chi connectivity index (χ0) is 12.5. The molecule has 0 saturated carbocycles. The second-order valence-electron chi connectivity index (χ2n) is 4.25. The summed E-state index contributed by atoms with van der Waals surface area (Å²) in [6.07, 6.45) is 3.43. The number of benzene rings is 1. The SMILES string of the molecule is CC(N)c1ccc(-c2ccc3nccnc3c2)s1. The summed E-state index contributed by atoms with van der Waals surface area (Å²) in [6, 6.07) is 10.4. The lowest BCUT2D eigenvalue weighted by Gasteiger charge is -2.01. The van der Waals surface area contributed by atoms with E-state index in [0.29, 0.717) is 0 Å². The van der Waals surface area contributed by atoms with Crippen LogP contribution in [-0.2, 0) is 0 Å². The number of fused-ring (bicyclic) bond motifs is 1. The van der Waals surface area contributed by atoms with Crippen molar-refractivity contribution in [2.24, 2.45) is 5.73 Å². The Hall–Kier alpha value is -1.78. The van der Waals surface area contributed by atoms with Crippen LogP contribution in [0, 0.1) is 0 Å². The van der Waals surface area contributed by atoms with Crippen molar-refractivity contribution in [2.75, 3.05) is 0 Å². The van der Waals surface area contributed by atoms with Crippen molar-refractivity contribution in [3.05, 3.63) is 47.6 Å². The fourth-order valence-corrected chi connectivity index (χ4v) is 2.83. The van der Waals surface area contributed by atoms with Gasteiger partial charge in [-0.05, 0) is 36.8 Å². The summed E-state index contributed by atoms with van der Waals surface area (Å²) in [7, 11) is 0. The van der Waals surface area contributed by atoms with Gasteiger partial charge >= 0.3 is 0 Å². The molecule has 1 atom stereocenters. The lowest BCUT2D eigenvalue weighted by Crippen LogP contribution is -2.01. The third-order valence-electron chi connectivity index (χ3n) is 2.83. The molecule has 0 aliphatic carbocycles. The van der Waals surface area contributed by atoms with Crippen LogP contribution in [-0.4, -0.2) is 9.97 Å². The van der Waals surface area contributed by atoms with E-state index in [9.17, 15) is 0 Å². The van der Waals surface area contributed by atoms with E-state index in [-0.39, 0.29) is 6.04 Å². The van der Waals surface area contributed by atoms with Gasteiger partial charge in [0.2, 0.25) is 0 Å². The molecule has 0 amide bonds. The number of thiophene rings is 1. The average Bonchev–Trinajstić information content (AvgIpc) is 2.88. The molecule has 3 aromatic rings. The summed E-state index contributed by atoms with van der Waals surface area (Å²) in [6.45, 7) is 2.00. The summed E-state index contributed by atoms with van der Waals surface area (Å²) in [5, 5.41) is 0. The van der Waals surface area contributed by atoms with E-state index in [1.165, 1.54) is 15.3 Å². The molecule has 0 radical (unpaired) electrons. The molecule has 0 saturated heterocycles. The molecule has 18 heavy (non-hydrogen) atoms. The highest BCUT2D eigenvalue weighted by Gasteiger charge is 2.07. The predicted octanol–water partition coefficient (Wildman–Crippen LogP) is 3.38. The Labute approximate surface area is 109 Å². The molecule has 2 N–H and O–H groups in total. The minimum atomic E-state index is 0.0870. The van der Waals surface area contributed by atoms with Gasteiger partial charge < -0.3 is 5.73 Å². The summed E-state index contributed by atoms with van der Waals surface area (Å²) in [5.41, 5.74) is 8.89. The molecule has 1 aromatic carbocycles. The third kappa shape index (κ3) is 2.00. The third-order valence-corrected chi connectivity index (χ3v) is 4.16. The van der Waals surface area contributed by atoms with E-state index in [2.05, 4.69) is 34.2 Å². The van der Waals surface area contributed by atoms with E-state index in [0.717, 1.165) is 11.0 Å². The van der Waals surface area contributed by atoms with Crippen LogP contribution >= 0.6 is 11.3 Å². The van der Waals surface area contributed by atoms with Crippen molar-refractivity contribution < 1.29 is 0 Å². The largest absolute Gasteiger partial charge is 0.324 e. The lowest BCUT2D eigenvalue weighted by molar-refractivity contribution is 0.838. The van der Waals surface area contributed by atoms with Crippen molar-refractivity contribution in [1.29, 1.82) is 0 Å². The minimum absolute atomic E-state index is 0.0870. The van der Waals surface area contributed by atoms with Gasteiger partial charge in [0.15, 0.2) is 0 Å². The van der Waals surface area contributed by atoms with E-state index in [4.69, 9.17) is 5.73 Å². The molecule has 0 spiro atoms. The first-order valence-electron chi connectivity index (χ1n) is 5.80. The summed E-state index contributed by atoms with van der Waals surface area (Å²) in [5.74, 6) is 0. The molecule has 2 heterocycles. The van der Waals surface area contributed by atoms with Crippen LogP contribution in [0.3, 0.4) is 0 Å². The van der Waals surface area contributed by atoms with Gasteiger partial charge in [0.05, 0.1) is 11.0 Å². The van der Waals surface area contributed by atoms with Crippen LogP contribution in [0.25, 0.3) is 21.5 Å². The second kappa shape index (κ2) is 4.48. The monoisotopic (exact) mass is 255 g/mol. The maximum absolute atomic E-state index is 5.88. The fraction of sp³-hybridized carbons (Fsp3) is 0.143. The first-order chi connectivity index (χ1) is 8.74. The standard InChI is InChI=1S/C14H13N3S/c1-9(15)13-4-5-14(18-13)10-2-3-11-12(8-10)17-7-6-16-11/h2-9H,15H2,1H3. The van der Waals surface area contributed by atoms with Crippen LogP contribution < -0.4 is 5.73 Å². The molecule has 0 aliphatic heterocycles. The van der Waals surface area contributed by atoms with Gasteiger partial charge in [0.1, 0.15) is 0 Å². The molecule has 0 aliphatic rings. The summed E-state index contributed by atoms with van der Waals surface area (Å²) in [4.78, 5) is 11.0. The summed E-state index contributed by atoms with van der Waals surface area (Å²) >= 11 is 1.73. The zero-order valence-electron chi connectivity index (χ0n) is 10.00. The van der Waals surface area contributed by atoms with Crippen LogP contribution in [0.15, 0.2) is 42.7 Å². The Balaban J connectivity index is 2.07. The highest BCUT2D eigenvalue weighted by molar-refractivity contribution is 7.15. The Kier molecular flexibility index (Phi) is 2.81. The molecule has 0 bridgehead atoms. The maximum atomic E-state index is 5.88. The topological polar surface area (TPSA) is 51.8 Å².